The van der Waals surface area contributed by atoms with Crippen molar-refractivity contribution in [3.8, 4) is 45.7 Å². The first-order valence-electron chi connectivity index (χ1n) is 25.0. The Morgan fingerprint density at radius 3 is 1.11 bits per heavy atom. The van der Waals surface area contributed by atoms with E-state index in [1.165, 1.54) is 76.2 Å². The first-order valence-corrected chi connectivity index (χ1v) is 25.0. The summed E-state index contributed by atoms with van der Waals surface area (Å²) in [7, 11) is 0. The van der Waals surface area contributed by atoms with E-state index in [9.17, 15) is 0 Å². The van der Waals surface area contributed by atoms with Crippen LogP contribution in [0, 0.1) is 0 Å². The van der Waals surface area contributed by atoms with Gasteiger partial charge in [0, 0.05) is 83.4 Å². The van der Waals surface area contributed by atoms with Crippen molar-refractivity contribution < 1.29 is 9.47 Å². The highest BCUT2D eigenvalue weighted by atomic mass is 16.5. The summed E-state index contributed by atoms with van der Waals surface area (Å²) >= 11 is 0. The van der Waals surface area contributed by atoms with E-state index in [2.05, 4.69) is 249 Å². The first-order chi connectivity index (χ1) is 36.2. The standard InChI is InChI=1S/C66H39BN4O2/c1-3-16-40(17-4-1)68-54-26-13-9-22-48(54)62-56(68)36-32-46-44-20-7-11-24-52(44)70(65(46)62)42-30-34-50-60(38-42)72-58-28-15-29-59-64(58)67(50)51-35-31-43(39-61(51)73-59)71-53-25-12-8-21-45(53)47-33-37-57-63(66(47)71)49-23-10-14-27-55(49)69(57)41-18-5-2-6-19-41/h1-39H. The second-order valence-corrected chi connectivity index (χ2v) is 19.5. The minimum absolute atomic E-state index is 0.107. The van der Waals surface area contributed by atoms with E-state index in [4.69, 9.17) is 9.47 Å². The van der Waals surface area contributed by atoms with Crippen molar-refractivity contribution in [2.75, 3.05) is 0 Å². The van der Waals surface area contributed by atoms with Crippen LogP contribution < -0.4 is 25.9 Å². The quantitative estimate of drug-likeness (QED) is 0.165. The van der Waals surface area contributed by atoms with E-state index in [0.717, 1.165) is 73.2 Å². The van der Waals surface area contributed by atoms with Gasteiger partial charge >= 0.3 is 0 Å². The molecule has 0 amide bonds. The number of ether oxygens (including phenoxy) is 2. The molecule has 2 aliphatic heterocycles. The van der Waals surface area contributed by atoms with Gasteiger partial charge < -0.3 is 27.7 Å². The van der Waals surface area contributed by atoms with Crippen molar-refractivity contribution in [2.24, 2.45) is 0 Å². The van der Waals surface area contributed by atoms with E-state index in [0.29, 0.717) is 0 Å². The molecule has 0 N–H and O–H groups in total. The summed E-state index contributed by atoms with van der Waals surface area (Å²) in [6.45, 7) is -0.107. The number of para-hydroxylation sites is 6. The minimum Gasteiger partial charge on any atom is -0.458 e. The number of aromatic nitrogens is 4. The minimum atomic E-state index is -0.107. The summed E-state index contributed by atoms with van der Waals surface area (Å²) in [4.78, 5) is 0. The molecule has 17 rings (SSSR count). The Balaban J connectivity index is 0.867. The van der Waals surface area contributed by atoms with Crippen molar-refractivity contribution in [3.05, 3.63) is 237 Å². The topological polar surface area (TPSA) is 38.2 Å². The zero-order valence-electron chi connectivity index (χ0n) is 39.2. The normalized spacial score (nSPS) is 12.8. The lowest BCUT2D eigenvalue weighted by molar-refractivity contribution is 0.464. The maximum absolute atomic E-state index is 7.01. The number of hydrogen-bond donors (Lipinski definition) is 0. The van der Waals surface area contributed by atoms with E-state index < -0.39 is 0 Å². The van der Waals surface area contributed by atoms with E-state index in [1.807, 2.05) is 6.07 Å². The van der Waals surface area contributed by atoms with Crippen LogP contribution in [0.4, 0.5) is 0 Å². The van der Waals surface area contributed by atoms with Gasteiger partial charge in [-0.25, -0.2) is 0 Å². The average molecular weight is 931 g/mol. The van der Waals surface area contributed by atoms with Crippen molar-refractivity contribution >= 4 is 110 Å². The van der Waals surface area contributed by atoms with Crippen LogP contribution in [0.15, 0.2) is 237 Å². The van der Waals surface area contributed by atoms with Crippen LogP contribution in [-0.2, 0) is 0 Å². The molecule has 15 aromatic rings. The maximum Gasteiger partial charge on any atom is 0.260 e. The van der Waals surface area contributed by atoms with Crippen molar-refractivity contribution in [1.29, 1.82) is 0 Å². The molecule has 0 aliphatic carbocycles. The molecule has 7 heteroatoms. The van der Waals surface area contributed by atoms with Crippen molar-refractivity contribution in [1.82, 2.24) is 18.3 Å². The highest BCUT2D eigenvalue weighted by Gasteiger charge is 2.40. The SMILES string of the molecule is c1ccc(-n2c3ccccc3c3c2ccc2c4ccccc4n(-c4ccc5c(c4)Oc4cccc6c4B5c4ccc(-n5c7ccccc7c7ccc8c(c9ccccc9n8-c8ccccc8)c75)cc4O6)c23)cc1. The smallest absolute Gasteiger partial charge is 0.260 e. The fourth-order valence-corrected chi connectivity index (χ4v) is 12.9. The summed E-state index contributed by atoms with van der Waals surface area (Å²) in [6, 6.07) is 85.7. The highest BCUT2D eigenvalue weighted by Crippen LogP contribution is 2.45. The number of hydrogen-bond acceptors (Lipinski definition) is 2. The Labute approximate surface area is 418 Å². The van der Waals surface area contributed by atoms with Gasteiger partial charge in [-0.15, -0.1) is 0 Å². The molecule has 0 spiro atoms. The van der Waals surface area contributed by atoms with Gasteiger partial charge in [0.05, 0.1) is 44.1 Å². The van der Waals surface area contributed by atoms with Crippen LogP contribution in [0.2, 0.25) is 0 Å². The Morgan fingerprint density at radius 2 is 0.658 bits per heavy atom. The predicted molar refractivity (Wildman–Crippen MR) is 301 cm³/mol. The van der Waals surface area contributed by atoms with Crippen LogP contribution in [0.5, 0.6) is 23.0 Å². The van der Waals surface area contributed by atoms with E-state index >= 15 is 0 Å². The predicted octanol–water partition coefficient (Wildman–Crippen LogP) is 14.8. The Bertz CT molecular complexity index is 4560. The second-order valence-electron chi connectivity index (χ2n) is 19.5. The number of benzene rings is 11. The number of fused-ring (bicyclic) bond motifs is 18. The van der Waals surface area contributed by atoms with Crippen LogP contribution in [0.25, 0.3) is 110 Å². The molecule has 0 saturated heterocycles. The second kappa shape index (κ2) is 14.4. The monoisotopic (exact) mass is 930 g/mol. The zero-order chi connectivity index (χ0) is 47.5. The van der Waals surface area contributed by atoms with Crippen LogP contribution in [0.1, 0.15) is 0 Å². The summed E-state index contributed by atoms with van der Waals surface area (Å²) in [5.74, 6) is 3.32. The van der Waals surface area contributed by atoms with Crippen LogP contribution in [0.3, 0.4) is 0 Å². The third-order valence-electron chi connectivity index (χ3n) is 15.9. The molecular weight excluding hydrogens is 892 g/mol. The molecule has 2 aliphatic rings. The Hall–Kier alpha value is -9.72. The molecule has 0 unspecified atom stereocenters. The molecule has 0 fully saturated rings. The molecular formula is C66H39BN4O2. The number of rotatable bonds is 4. The fourth-order valence-electron chi connectivity index (χ4n) is 12.9. The lowest BCUT2D eigenvalue weighted by Gasteiger charge is -2.33. The maximum atomic E-state index is 7.01. The third kappa shape index (κ3) is 5.22. The lowest BCUT2D eigenvalue weighted by Crippen LogP contribution is -2.57. The molecule has 73 heavy (non-hydrogen) atoms. The summed E-state index contributed by atoms with van der Waals surface area (Å²) < 4.78 is 23.7. The largest absolute Gasteiger partial charge is 0.458 e. The first kappa shape index (κ1) is 39.1. The van der Waals surface area contributed by atoms with Gasteiger partial charge in [0.15, 0.2) is 0 Å². The lowest BCUT2D eigenvalue weighted by atomic mass is 9.35. The summed E-state index contributed by atoms with van der Waals surface area (Å²) in [5, 5.41) is 9.74. The van der Waals surface area contributed by atoms with Gasteiger partial charge in [-0.05, 0) is 95.9 Å². The van der Waals surface area contributed by atoms with Crippen molar-refractivity contribution in [3.63, 3.8) is 0 Å². The Morgan fingerprint density at radius 1 is 0.260 bits per heavy atom. The highest BCUT2D eigenvalue weighted by molar-refractivity contribution is 6.98. The van der Waals surface area contributed by atoms with E-state index in [-0.39, 0.29) is 6.71 Å². The molecule has 0 atom stereocenters. The van der Waals surface area contributed by atoms with Crippen molar-refractivity contribution in [2.45, 2.75) is 0 Å². The molecule has 338 valence electrons. The third-order valence-corrected chi connectivity index (χ3v) is 15.9. The molecule has 6 heterocycles. The molecule has 0 radical (unpaired) electrons. The van der Waals surface area contributed by atoms with Gasteiger partial charge in [0.1, 0.15) is 23.0 Å². The average Bonchev–Trinajstić information content (AvgIpc) is 4.18. The van der Waals surface area contributed by atoms with Crippen LogP contribution in [-0.4, -0.2) is 25.0 Å². The van der Waals surface area contributed by atoms with Gasteiger partial charge in [-0.3, -0.25) is 0 Å². The van der Waals surface area contributed by atoms with Gasteiger partial charge in [-0.1, -0.05) is 140 Å². The summed E-state index contributed by atoms with van der Waals surface area (Å²) in [6.07, 6.45) is 0. The van der Waals surface area contributed by atoms with Gasteiger partial charge in [0.2, 0.25) is 0 Å². The fraction of sp³-hybridized carbons (Fsp3) is 0. The number of nitrogens with zero attached hydrogens (tertiary/aromatic N) is 4. The van der Waals surface area contributed by atoms with E-state index in [1.54, 1.807) is 0 Å². The molecule has 0 bridgehead atoms. The molecule has 11 aromatic carbocycles. The van der Waals surface area contributed by atoms with Gasteiger partial charge in [-0.2, -0.15) is 0 Å². The van der Waals surface area contributed by atoms with Gasteiger partial charge in [0.25, 0.3) is 6.71 Å². The Kier molecular flexibility index (Phi) is 7.73. The van der Waals surface area contributed by atoms with Crippen LogP contribution >= 0.6 is 0 Å². The molecule has 0 saturated carbocycles. The molecule has 4 aromatic heterocycles. The summed E-state index contributed by atoms with van der Waals surface area (Å²) in [5.41, 5.74) is 17.0. The zero-order valence-corrected chi connectivity index (χ0v) is 39.2. The molecule has 6 nitrogen and oxygen atoms in total.